The van der Waals surface area contributed by atoms with E-state index in [0.29, 0.717) is 4.90 Å². The number of benzene rings is 1. The molecule has 2 N–H and O–H groups in total. The van der Waals surface area contributed by atoms with E-state index in [-0.39, 0.29) is 28.2 Å². The van der Waals surface area contributed by atoms with Crippen molar-refractivity contribution < 1.29 is 33.3 Å². The normalized spacial score (nSPS) is 14.8. The second kappa shape index (κ2) is 13.3. The highest BCUT2D eigenvalue weighted by Gasteiger charge is 2.33. The summed E-state index contributed by atoms with van der Waals surface area (Å²) in [5, 5.41) is 0.810. The van der Waals surface area contributed by atoms with Gasteiger partial charge in [-0.1, -0.05) is 46.6 Å². The summed E-state index contributed by atoms with van der Waals surface area (Å²) in [5.41, 5.74) is 4.89. The van der Waals surface area contributed by atoms with Gasteiger partial charge >= 0.3 is 17.9 Å². The molecule has 0 spiro atoms. The van der Waals surface area contributed by atoms with E-state index in [0.717, 1.165) is 11.8 Å². The lowest BCUT2D eigenvalue weighted by Crippen LogP contribution is -2.44. The fourth-order valence-corrected chi connectivity index (χ4v) is 4.20. The van der Waals surface area contributed by atoms with Gasteiger partial charge in [-0.15, -0.1) is 0 Å². The molecule has 31 heavy (non-hydrogen) atoms. The van der Waals surface area contributed by atoms with Crippen molar-refractivity contribution in [2.45, 2.75) is 56.3 Å². The molecule has 0 saturated carbocycles. The Morgan fingerprint density at radius 3 is 2.03 bits per heavy atom. The molecule has 0 amide bonds. The fourth-order valence-electron chi connectivity index (χ4n) is 2.33. The van der Waals surface area contributed by atoms with E-state index in [4.69, 9.17) is 59.5 Å². The molecular weight excluding hydrogens is 493 g/mol. The quantitative estimate of drug-likeness (QED) is 0.154. The van der Waals surface area contributed by atoms with Gasteiger partial charge < -0.3 is 24.7 Å². The van der Waals surface area contributed by atoms with Gasteiger partial charge in [-0.2, -0.15) is 0 Å². The minimum absolute atomic E-state index is 0.0849. The lowest BCUT2D eigenvalue weighted by Gasteiger charge is -2.31. The summed E-state index contributed by atoms with van der Waals surface area (Å²) in [6, 6.07) is 3.00. The number of rotatable bonds is 11. The summed E-state index contributed by atoms with van der Waals surface area (Å²) in [5.74, 6) is -1.67. The van der Waals surface area contributed by atoms with Crippen LogP contribution in [-0.2, 0) is 33.3 Å². The molecule has 1 aromatic rings. The maximum absolute atomic E-state index is 11.6. The van der Waals surface area contributed by atoms with Crippen LogP contribution in [0.15, 0.2) is 17.0 Å². The molecule has 0 bridgehead atoms. The van der Waals surface area contributed by atoms with Gasteiger partial charge in [0.15, 0.2) is 0 Å². The van der Waals surface area contributed by atoms with Crippen LogP contribution in [0.1, 0.15) is 27.7 Å². The van der Waals surface area contributed by atoms with Crippen LogP contribution in [0.3, 0.4) is 0 Å². The molecule has 0 heterocycles. The zero-order chi connectivity index (χ0) is 23.7. The molecule has 2 unspecified atom stereocenters. The van der Waals surface area contributed by atoms with Gasteiger partial charge in [0.05, 0.1) is 15.1 Å². The van der Waals surface area contributed by atoms with Crippen molar-refractivity contribution >= 4 is 64.5 Å². The average Bonchev–Trinajstić information content (AvgIpc) is 2.65. The minimum atomic E-state index is -0.915. The first-order valence-corrected chi connectivity index (χ1v) is 11.1. The van der Waals surface area contributed by atoms with Crippen LogP contribution in [0.4, 0.5) is 0 Å². The van der Waals surface area contributed by atoms with Crippen LogP contribution < -0.4 is 5.73 Å². The second-order valence-corrected chi connectivity index (χ2v) is 8.72. The van der Waals surface area contributed by atoms with Crippen LogP contribution in [0.2, 0.25) is 15.1 Å². The molecule has 0 radical (unpaired) electrons. The highest BCUT2D eigenvalue weighted by Crippen LogP contribution is 2.38. The predicted molar refractivity (Wildman–Crippen MR) is 118 cm³/mol. The first-order valence-electron chi connectivity index (χ1n) is 9.09. The summed E-state index contributed by atoms with van der Waals surface area (Å²) in [4.78, 5) is 34.7. The van der Waals surface area contributed by atoms with Crippen LogP contribution in [-0.4, -0.2) is 54.8 Å². The highest BCUT2D eigenvalue weighted by atomic mass is 35.5. The van der Waals surface area contributed by atoms with Gasteiger partial charge in [-0.25, -0.2) is 0 Å². The Hall–Kier alpha value is -1.23. The first kappa shape index (κ1) is 27.8. The summed E-state index contributed by atoms with van der Waals surface area (Å²) >= 11 is 19.4. The van der Waals surface area contributed by atoms with E-state index in [2.05, 4.69) is 0 Å². The highest BCUT2D eigenvalue weighted by molar-refractivity contribution is 8.00. The molecule has 8 nitrogen and oxygen atoms in total. The van der Waals surface area contributed by atoms with Gasteiger partial charge in [-0.05, 0) is 19.1 Å². The third-order valence-electron chi connectivity index (χ3n) is 3.71. The standard InChI is InChI=1S/C19H24Cl3NO7S/c1-9(28-11(3)25)17(8-27-10(2)24)30-19(16(7-23)29-12(4)26)31-18-6-14(21)13(20)5-15(18)22/h5-6,9,16-17,19H,7-8,23H2,1-4H3/t9-,16+,17?,19?/m1/s1. The van der Waals surface area contributed by atoms with Crippen molar-refractivity contribution in [3.05, 3.63) is 27.2 Å². The molecule has 0 aliphatic carbocycles. The number of ether oxygens (including phenoxy) is 4. The molecule has 0 aliphatic rings. The smallest absolute Gasteiger partial charge is 0.303 e. The predicted octanol–water partition coefficient (Wildman–Crippen LogP) is 3.86. The molecule has 174 valence electrons. The Kier molecular flexibility index (Phi) is 12.0. The molecule has 1 rings (SSSR count). The van der Waals surface area contributed by atoms with Crippen molar-refractivity contribution in [1.29, 1.82) is 0 Å². The number of esters is 3. The number of thioether (sulfide) groups is 1. The maximum Gasteiger partial charge on any atom is 0.303 e. The molecule has 0 saturated heterocycles. The summed E-state index contributed by atoms with van der Waals surface area (Å²) < 4.78 is 21.6. The molecule has 0 fully saturated rings. The van der Waals surface area contributed by atoms with E-state index in [9.17, 15) is 14.4 Å². The van der Waals surface area contributed by atoms with Crippen molar-refractivity contribution in [2.75, 3.05) is 13.2 Å². The van der Waals surface area contributed by atoms with Crippen molar-refractivity contribution in [3.63, 3.8) is 0 Å². The first-order chi connectivity index (χ1) is 14.4. The zero-order valence-corrected chi connectivity index (χ0v) is 20.4. The van der Waals surface area contributed by atoms with Gasteiger partial charge in [-0.3, -0.25) is 14.4 Å². The summed E-state index contributed by atoms with van der Waals surface area (Å²) in [6.07, 6.45) is -2.59. The Morgan fingerprint density at radius 1 is 0.935 bits per heavy atom. The third kappa shape index (κ3) is 9.84. The Morgan fingerprint density at radius 2 is 1.52 bits per heavy atom. The van der Waals surface area contributed by atoms with Crippen molar-refractivity contribution in [3.8, 4) is 0 Å². The third-order valence-corrected chi connectivity index (χ3v) is 6.09. The van der Waals surface area contributed by atoms with Crippen LogP contribution in [0, 0.1) is 0 Å². The molecule has 0 aromatic heterocycles. The van der Waals surface area contributed by atoms with Crippen LogP contribution in [0.25, 0.3) is 0 Å². The zero-order valence-electron chi connectivity index (χ0n) is 17.4. The van der Waals surface area contributed by atoms with Crippen molar-refractivity contribution in [1.82, 2.24) is 0 Å². The van der Waals surface area contributed by atoms with E-state index in [1.54, 1.807) is 6.92 Å². The lowest BCUT2D eigenvalue weighted by atomic mass is 10.2. The minimum Gasteiger partial charge on any atom is -0.463 e. The average molecular weight is 517 g/mol. The van der Waals surface area contributed by atoms with Gasteiger partial charge in [0, 0.05) is 32.2 Å². The second-order valence-electron chi connectivity index (χ2n) is 6.36. The summed E-state index contributed by atoms with van der Waals surface area (Å²) in [7, 11) is 0. The Labute approximate surface area is 199 Å². The van der Waals surface area contributed by atoms with E-state index in [1.165, 1.54) is 32.9 Å². The number of carbonyl (C=O) groups excluding carboxylic acids is 3. The monoisotopic (exact) mass is 515 g/mol. The van der Waals surface area contributed by atoms with E-state index >= 15 is 0 Å². The number of carbonyl (C=O) groups is 3. The SMILES string of the molecule is CC(=O)OCC(OC(Sc1cc(Cl)c(Cl)cc1Cl)[C@H](CN)OC(C)=O)[C@@H](C)OC(C)=O. The topological polar surface area (TPSA) is 114 Å². The number of hydrogen-bond acceptors (Lipinski definition) is 9. The van der Waals surface area contributed by atoms with Crippen LogP contribution >= 0.6 is 46.6 Å². The molecule has 12 heteroatoms. The Balaban J connectivity index is 3.25. The number of halogens is 3. The molecule has 4 atom stereocenters. The van der Waals surface area contributed by atoms with Crippen molar-refractivity contribution in [2.24, 2.45) is 5.73 Å². The molecule has 1 aromatic carbocycles. The lowest BCUT2D eigenvalue weighted by molar-refractivity contribution is -0.169. The van der Waals surface area contributed by atoms with E-state index < -0.39 is 41.7 Å². The number of hydrogen-bond donors (Lipinski definition) is 1. The fraction of sp³-hybridized carbons (Fsp3) is 0.526. The van der Waals surface area contributed by atoms with Crippen LogP contribution in [0.5, 0.6) is 0 Å². The largest absolute Gasteiger partial charge is 0.463 e. The van der Waals surface area contributed by atoms with E-state index in [1.807, 2.05) is 0 Å². The summed E-state index contributed by atoms with van der Waals surface area (Å²) in [6.45, 7) is 4.98. The number of nitrogens with two attached hydrogens (primary N) is 1. The van der Waals surface area contributed by atoms with Gasteiger partial charge in [0.1, 0.15) is 30.4 Å². The van der Waals surface area contributed by atoms with Gasteiger partial charge in [0.2, 0.25) is 0 Å². The Bertz CT molecular complexity index is 796. The van der Waals surface area contributed by atoms with Gasteiger partial charge in [0.25, 0.3) is 0 Å². The molecular formula is C19H24Cl3NO7S. The maximum atomic E-state index is 11.6. The molecule has 0 aliphatic heterocycles.